The van der Waals surface area contributed by atoms with E-state index in [2.05, 4.69) is 36.6 Å². The molecule has 4 fully saturated rings. The molecule has 1 spiro atoms. The fourth-order valence-corrected chi connectivity index (χ4v) is 5.88. The topological polar surface area (TPSA) is 90.9 Å². The number of urea groups is 1. The van der Waals surface area contributed by atoms with Gasteiger partial charge in [-0.2, -0.15) is 5.10 Å². The Labute approximate surface area is 166 Å². The number of hydrazone groups is 1. The average Bonchev–Trinajstić information content (AvgIpc) is 3.31. The molecule has 0 aromatic heterocycles. The van der Waals surface area contributed by atoms with Crippen LogP contribution in [0.25, 0.3) is 0 Å². The van der Waals surface area contributed by atoms with Crippen LogP contribution < -0.4 is 10.7 Å². The Morgan fingerprint density at radius 1 is 1.21 bits per heavy atom. The first-order valence-electron chi connectivity index (χ1n) is 10.7. The van der Waals surface area contributed by atoms with Gasteiger partial charge in [-0.15, -0.1) is 0 Å². The van der Waals surface area contributed by atoms with Gasteiger partial charge in [-0.1, -0.05) is 33.6 Å². The molecule has 7 heteroatoms. The third-order valence-corrected chi connectivity index (χ3v) is 8.32. The van der Waals surface area contributed by atoms with Crippen molar-refractivity contribution in [1.82, 2.24) is 15.6 Å². The van der Waals surface area contributed by atoms with Gasteiger partial charge in [-0.25, -0.2) is 10.2 Å². The van der Waals surface area contributed by atoms with E-state index < -0.39 is 5.54 Å². The first-order chi connectivity index (χ1) is 13.2. The fourth-order valence-electron chi connectivity index (χ4n) is 5.88. The van der Waals surface area contributed by atoms with Gasteiger partial charge in [0, 0.05) is 24.1 Å². The molecular formula is C21H32N4O3. The Hall–Kier alpha value is -1.92. The maximum atomic E-state index is 12.6. The normalized spacial score (nSPS) is 33.9. The molecule has 1 aliphatic heterocycles. The van der Waals surface area contributed by atoms with Crippen LogP contribution in [0.15, 0.2) is 5.10 Å². The van der Waals surface area contributed by atoms with Crippen LogP contribution >= 0.6 is 0 Å². The van der Waals surface area contributed by atoms with Gasteiger partial charge in [0.2, 0.25) is 5.91 Å². The SMILES string of the molecule is CC1(C)[C@@H]2CC[C@]1(C)/C(=N/NC(=O)CCCN1C(=O)NC3(CCCC3)C1=O)C2. The number of rotatable bonds is 5. The minimum atomic E-state index is -0.671. The van der Waals surface area contributed by atoms with Gasteiger partial charge in [-0.3, -0.25) is 14.5 Å². The fraction of sp³-hybridized carbons (Fsp3) is 0.810. The molecule has 3 saturated carbocycles. The zero-order valence-corrected chi connectivity index (χ0v) is 17.3. The van der Waals surface area contributed by atoms with Crippen molar-refractivity contribution >= 4 is 23.6 Å². The van der Waals surface area contributed by atoms with Crippen LogP contribution in [0, 0.1) is 16.7 Å². The number of amides is 4. The highest BCUT2D eigenvalue weighted by Crippen LogP contribution is 2.63. The first kappa shape index (κ1) is 19.4. The van der Waals surface area contributed by atoms with E-state index in [9.17, 15) is 14.4 Å². The summed E-state index contributed by atoms with van der Waals surface area (Å²) in [7, 11) is 0. The molecule has 0 radical (unpaired) electrons. The van der Waals surface area contributed by atoms with Crippen molar-refractivity contribution in [3.8, 4) is 0 Å². The van der Waals surface area contributed by atoms with Crippen LogP contribution in [0.4, 0.5) is 4.79 Å². The monoisotopic (exact) mass is 388 g/mol. The lowest BCUT2D eigenvalue weighted by atomic mass is 9.70. The molecule has 0 aromatic carbocycles. The van der Waals surface area contributed by atoms with E-state index in [4.69, 9.17) is 0 Å². The standard InChI is InChI=1S/C21H32N4O3/c1-19(2)14-8-11-20(19,3)15(13-14)23-24-16(26)7-6-12-25-17(27)21(22-18(25)28)9-4-5-10-21/h14H,4-13H2,1-3H3,(H,22,28)(H,24,26)/b23-15+/t14-,20-/m1/s1. The highest BCUT2D eigenvalue weighted by molar-refractivity contribution is 6.07. The Morgan fingerprint density at radius 2 is 1.93 bits per heavy atom. The number of nitrogens with zero attached hydrogens (tertiary/aromatic N) is 2. The van der Waals surface area contributed by atoms with Gasteiger partial charge in [0.05, 0.1) is 0 Å². The van der Waals surface area contributed by atoms with Gasteiger partial charge in [-0.05, 0) is 49.9 Å². The molecule has 154 valence electrons. The molecule has 4 aliphatic rings. The summed E-state index contributed by atoms with van der Waals surface area (Å²) in [5, 5.41) is 7.34. The van der Waals surface area contributed by atoms with Crippen molar-refractivity contribution in [3.63, 3.8) is 0 Å². The molecule has 3 aliphatic carbocycles. The lowest BCUT2D eigenvalue weighted by molar-refractivity contribution is -0.131. The third kappa shape index (κ3) is 2.77. The van der Waals surface area contributed by atoms with E-state index in [0.29, 0.717) is 12.3 Å². The molecule has 1 heterocycles. The van der Waals surface area contributed by atoms with Crippen LogP contribution in [0.3, 0.4) is 0 Å². The van der Waals surface area contributed by atoms with E-state index in [0.717, 1.165) is 44.2 Å². The smallest absolute Gasteiger partial charge is 0.323 e. The summed E-state index contributed by atoms with van der Waals surface area (Å²) in [6, 6.07) is -0.315. The average molecular weight is 389 g/mol. The molecule has 2 atom stereocenters. The van der Waals surface area contributed by atoms with Crippen LogP contribution in [0.2, 0.25) is 0 Å². The van der Waals surface area contributed by atoms with Gasteiger partial charge < -0.3 is 5.32 Å². The third-order valence-electron chi connectivity index (χ3n) is 8.32. The number of carbonyl (C=O) groups is 3. The van der Waals surface area contributed by atoms with E-state index in [1.54, 1.807) is 0 Å². The van der Waals surface area contributed by atoms with Crippen molar-refractivity contribution < 1.29 is 14.4 Å². The summed E-state index contributed by atoms with van der Waals surface area (Å²) in [6.07, 6.45) is 7.44. The number of hydrogen-bond donors (Lipinski definition) is 2. The van der Waals surface area contributed by atoms with Gasteiger partial charge in [0.15, 0.2) is 0 Å². The van der Waals surface area contributed by atoms with Crippen molar-refractivity contribution in [2.45, 2.75) is 84.1 Å². The second-order valence-corrected chi connectivity index (χ2v) is 9.87. The zero-order valence-electron chi connectivity index (χ0n) is 17.3. The molecular weight excluding hydrogens is 356 g/mol. The largest absolute Gasteiger partial charge is 0.325 e. The number of imide groups is 1. The van der Waals surface area contributed by atoms with E-state index in [-0.39, 0.29) is 41.6 Å². The predicted molar refractivity (Wildman–Crippen MR) is 105 cm³/mol. The number of carbonyl (C=O) groups excluding carboxylic acids is 3. The van der Waals surface area contributed by atoms with E-state index >= 15 is 0 Å². The Bertz CT molecular complexity index is 738. The van der Waals surface area contributed by atoms with Crippen LogP contribution in [0.1, 0.15) is 78.6 Å². The lowest BCUT2D eigenvalue weighted by Gasteiger charge is -2.34. The molecule has 2 bridgehead atoms. The van der Waals surface area contributed by atoms with Gasteiger partial charge >= 0.3 is 6.03 Å². The molecule has 2 N–H and O–H groups in total. The minimum Gasteiger partial charge on any atom is -0.323 e. The van der Waals surface area contributed by atoms with Gasteiger partial charge in [0.1, 0.15) is 5.54 Å². The summed E-state index contributed by atoms with van der Waals surface area (Å²) in [4.78, 5) is 38.3. The maximum Gasteiger partial charge on any atom is 0.325 e. The number of nitrogens with one attached hydrogen (secondary N) is 2. The molecule has 28 heavy (non-hydrogen) atoms. The van der Waals surface area contributed by atoms with Crippen molar-refractivity contribution in [3.05, 3.63) is 0 Å². The Kier molecular flexibility index (Phi) is 4.55. The summed E-state index contributed by atoms with van der Waals surface area (Å²) in [6.45, 7) is 7.17. The summed E-state index contributed by atoms with van der Waals surface area (Å²) in [5.41, 5.74) is 3.46. The van der Waals surface area contributed by atoms with E-state index in [1.165, 1.54) is 11.3 Å². The molecule has 7 nitrogen and oxygen atoms in total. The van der Waals surface area contributed by atoms with Crippen molar-refractivity contribution in [2.24, 2.45) is 21.8 Å². The number of fused-ring (bicyclic) bond motifs is 2. The van der Waals surface area contributed by atoms with Crippen LogP contribution in [-0.2, 0) is 9.59 Å². The molecule has 4 rings (SSSR count). The predicted octanol–water partition coefficient (Wildman–Crippen LogP) is 2.95. The summed E-state index contributed by atoms with van der Waals surface area (Å²) < 4.78 is 0. The molecule has 0 aromatic rings. The molecule has 4 amide bonds. The van der Waals surface area contributed by atoms with Crippen LogP contribution in [0.5, 0.6) is 0 Å². The maximum absolute atomic E-state index is 12.6. The minimum absolute atomic E-state index is 0.0700. The second kappa shape index (κ2) is 6.56. The highest BCUT2D eigenvalue weighted by atomic mass is 16.2. The zero-order chi connectivity index (χ0) is 20.2. The quantitative estimate of drug-likeness (QED) is 0.560. The van der Waals surface area contributed by atoms with Gasteiger partial charge in [0.25, 0.3) is 5.91 Å². The number of hydrogen-bond acceptors (Lipinski definition) is 4. The van der Waals surface area contributed by atoms with Crippen molar-refractivity contribution in [1.29, 1.82) is 0 Å². The van der Waals surface area contributed by atoms with E-state index in [1.807, 2.05) is 0 Å². The lowest BCUT2D eigenvalue weighted by Crippen LogP contribution is -2.44. The van der Waals surface area contributed by atoms with Crippen LogP contribution in [-0.4, -0.2) is 40.5 Å². The summed E-state index contributed by atoms with van der Waals surface area (Å²) in [5.74, 6) is 0.378. The Morgan fingerprint density at radius 3 is 2.54 bits per heavy atom. The first-order valence-corrected chi connectivity index (χ1v) is 10.7. The summed E-state index contributed by atoms with van der Waals surface area (Å²) >= 11 is 0. The molecule has 0 unspecified atom stereocenters. The molecule has 1 saturated heterocycles. The second-order valence-electron chi connectivity index (χ2n) is 9.87. The Balaban J connectivity index is 1.27. The van der Waals surface area contributed by atoms with Crippen molar-refractivity contribution in [2.75, 3.05) is 6.54 Å². The highest BCUT2D eigenvalue weighted by Gasteiger charge is 2.60.